The number of amides is 1. The highest BCUT2D eigenvalue weighted by Crippen LogP contribution is 2.26. The second-order valence-electron chi connectivity index (χ2n) is 6.07. The van der Waals surface area contributed by atoms with Gasteiger partial charge >= 0.3 is 5.97 Å². The fourth-order valence-electron chi connectivity index (χ4n) is 2.84. The van der Waals surface area contributed by atoms with Crippen molar-refractivity contribution in [3.8, 4) is 0 Å². The summed E-state index contributed by atoms with van der Waals surface area (Å²) >= 11 is 1.53. The molecule has 1 aromatic carbocycles. The van der Waals surface area contributed by atoms with Crippen LogP contribution in [0.3, 0.4) is 0 Å². The number of rotatable bonds is 4. The highest BCUT2D eigenvalue weighted by Gasteiger charge is 2.32. The number of benzene rings is 1. The van der Waals surface area contributed by atoms with Gasteiger partial charge in [-0.1, -0.05) is 17.7 Å². The van der Waals surface area contributed by atoms with Gasteiger partial charge in [0, 0.05) is 17.5 Å². The molecule has 1 fully saturated rings. The molecule has 4 nitrogen and oxygen atoms in total. The van der Waals surface area contributed by atoms with Gasteiger partial charge in [0.2, 0.25) is 5.91 Å². The second kappa shape index (κ2) is 7.18. The summed E-state index contributed by atoms with van der Waals surface area (Å²) in [6, 6.07) is 6.32. The fourth-order valence-corrected chi connectivity index (χ4v) is 3.74. The lowest BCUT2D eigenvalue weighted by Crippen LogP contribution is -2.48. The standard InChI is InChI=1S/C17H23NO3S/c1-11-4-7-15(12(2)8-11)22-10-16(19)18-9-14(17(20)21)6-5-13(18)3/h4,7-8,13-14H,5-6,9-10H2,1-3H3,(H,20,21). The number of carbonyl (C=O) groups is 2. The van der Waals surface area contributed by atoms with Crippen LogP contribution < -0.4 is 0 Å². The van der Waals surface area contributed by atoms with E-state index in [-0.39, 0.29) is 11.9 Å². The molecule has 1 saturated heterocycles. The third-order valence-corrected chi connectivity index (χ3v) is 5.39. The van der Waals surface area contributed by atoms with Crippen molar-refractivity contribution in [1.82, 2.24) is 4.90 Å². The summed E-state index contributed by atoms with van der Waals surface area (Å²) in [4.78, 5) is 26.4. The minimum atomic E-state index is -0.799. The molecule has 120 valence electrons. The van der Waals surface area contributed by atoms with Gasteiger partial charge < -0.3 is 10.0 Å². The molecule has 2 atom stereocenters. The lowest BCUT2D eigenvalue weighted by atomic mass is 9.93. The minimum Gasteiger partial charge on any atom is -0.481 e. The van der Waals surface area contributed by atoms with Crippen molar-refractivity contribution in [2.24, 2.45) is 5.92 Å². The number of carbonyl (C=O) groups excluding carboxylic acids is 1. The maximum Gasteiger partial charge on any atom is 0.308 e. The van der Waals surface area contributed by atoms with Crippen molar-refractivity contribution >= 4 is 23.6 Å². The normalized spacial score (nSPS) is 21.7. The molecular weight excluding hydrogens is 298 g/mol. The van der Waals surface area contributed by atoms with E-state index < -0.39 is 11.9 Å². The van der Waals surface area contributed by atoms with Gasteiger partial charge in [-0.05, 0) is 45.2 Å². The molecule has 1 aliphatic heterocycles. The van der Waals surface area contributed by atoms with Crippen molar-refractivity contribution in [1.29, 1.82) is 0 Å². The molecule has 0 aliphatic carbocycles. The molecule has 1 aromatic rings. The number of carboxylic acid groups (broad SMARTS) is 1. The zero-order chi connectivity index (χ0) is 16.3. The summed E-state index contributed by atoms with van der Waals surface area (Å²) in [7, 11) is 0. The molecule has 0 radical (unpaired) electrons. The van der Waals surface area contributed by atoms with E-state index in [0.29, 0.717) is 18.7 Å². The third-order valence-electron chi connectivity index (χ3n) is 4.23. The zero-order valence-electron chi connectivity index (χ0n) is 13.3. The molecule has 5 heteroatoms. The van der Waals surface area contributed by atoms with Crippen molar-refractivity contribution in [2.45, 2.75) is 44.6 Å². The summed E-state index contributed by atoms with van der Waals surface area (Å²) in [5, 5.41) is 9.15. The predicted molar refractivity (Wildman–Crippen MR) is 88.2 cm³/mol. The maximum absolute atomic E-state index is 12.4. The van der Waals surface area contributed by atoms with Gasteiger partial charge in [0.1, 0.15) is 0 Å². The molecule has 2 unspecified atom stereocenters. The van der Waals surface area contributed by atoms with Gasteiger partial charge in [-0.2, -0.15) is 0 Å². The van der Waals surface area contributed by atoms with Gasteiger partial charge in [0.05, 0.1) is 11.7 Å². The lowest BCUT2D eigenvalue weighted by molar-refractivity contribution is -0.146. The molecule has 22 heavy (non-hydrogen) atoms. The van der Waals surface area contributed by atoms with Gasteiger partial charge in [-0.25, -0.2) is 0 Å². The van der Waals surface area contributed by atoms with E-state index in [1.165, 1.54) is 22.9 Å². The molecule has 0 bridgehead atoms. The molecule has 2 rings (SSSR count). The van der Waals surface area contributed by atoms with Crippen molar-refractivity contribution in [3.05, 3.63) is 29.3 Å². The molecule has 0 saturated carbocycles. The number of thioether (sulfide) groups is 1. The first kappa shape index (κ1) is 16.9. The minimum absolute atomic E-state index is 0.0309. The van der Waals surface area contributed by atoms with E-state index in [4.69, 9.17) is 5.11 Å². The largest absolute Gasteiger partial charge is 0.481 e. The van der Waals surface area contributed by atoms with Crippen LogP contribution in [0.1, 0.15) is 30.9 Å². The van der Waals surface area contributed by atoms with Crippen molar-refractivity contribution < 1.29 is 14.7 Å². The monoisotopic (exact) mass is 321 g/mol. The average Bonchev–Trinajstić information content (AvgIpc) is 2.46. The van der Waals surface area contributed by atoms with Crippen LogP contribution in [0, 0.1) is 19.8 Å². The molecule has 1 aliphatic rings. The number of aliphatic carboxylic acids is 1. The first-order chi connectivity index (χ1) is 10.4. The van der Waals surface area contributed by atoms with E-state index >= 15 is 0 Å². The quantitative estimate of drug-likeness (QED) is 0.866. The summed E-state index contributed by atoms with van der Waals surface area (Å²) in [6.07, 6.45) is 1.42. The van der Waals surface area contributed by atoms with E-state index in [0.717, 1.165) is 11.3 Å². The molecule has 0 aromatic heterocycles. The molecule has 1 heterocycles. The van der Waals surface area contributed by atoms with Gasteiger partial charge in [-0.3, -0.25) is 9.59 Å². The van der Waals surface area contributed by atoms with Crippen LogP contribution in [0.5, 0.6) is 0 Å². The van der Waals surface area contributed by atoms with E-state index in [1.807, 2.05) is 32.9 Å². The van der Waals surface area contributed by atoms with Crippen LogP contribution in [0.4, 0.5) is 0 Å². The molecule has 1 amide bonds. The van der Waals surface area contributed by atoms with Crippen molar-refractivity contribution in [3.63, 3.8) is 0 Å². The molecule has 0 spiro atoms. The fraction of sp³-hybridized carbons (Fsp3) is 0.529. The summed E-state index contributed by atoms with van der Waals surface area (Å²) < 4.78 is 0. The van der Waals surface area contributed by atoms with Gasteiger partial charge in [0.25, 0.3) is 0 Å². The molecule has 1 N–H and O–H groups in total. The third kappa shape index (κ3) is 4.03. The number of likely N-dealkylation sites (tertiary alicyclic amines) is 1. The van der Waals surface area contributed by atoms with Crippen LogP contribution in [0.15, 0.2) is 23.1 Å². The Morgan fingerprint density at radius 3 is 2.68 bits per heavy atom. The van der Waals surface area contributed by atoms with Crippen LogP contribution >= 0.6 is 11.8 Å². The van der Waals surface area contributed by atoms with Crippen molar-refractivity contribution in [2.75, 3.05) is 12.3 Å². The predicted octanol–water partition coefficient (Wildman–Crippen LogP) is 3.11. The van der Waals surface area contributed by atoms with Crippen LogP contribution in [-0.4, -0.2) is 40.2 Å². The Kier molecular flexibility index (Phi) is 5.51. The number of nitrogens with zero attached hydrogens (tertiary/aromatic N) is 1. The zero-order valence-corrected chi connectivity index (χ0v) is 14.2. The number of hydrogen-bond acceptors (Lipinski definition) is 3. The van der Waals surface area contributed by atoms with E-state index in [2.05, 4.69) is 6.07 Å². The maximum atomic E-state index is 12.4. The van der Waals surface area contributed by atoms with Gasteiger partial charge in [0.15, 0.2) is 0 Å². The van der Waals surface area contributed by atoms with E-state index in [1.54, 1.807) is 4.90 Å². The summed E-state index contributed by atoms with van der Waals surface area (Å²) in [6.45, 7) is 6.43. The average molecular weight is 321 g/mol. The summed E-state index contributed by atoms with van der Waals surface area (Å²) in [5.74, 6) is -0.831. The summed E-state index contributed by atoms with van der Waals surface area (Å²) in [5.41, 5.74) is 2.38. The second-order valence-corrected chi connectivity index (χ2v) is 7.08. The van der Waals surface area contributed by atoms with E-state index in [9.17, 15) is 9.59 Å². The van der Waals surface area contributed by atoms with Gasteiger partial charge in [-0.15, -0.1) is 11.8 Å². The Hall–Kier alpha value is -1.49. The van der Waals surface area contributed by atoms with Crippen LogP contribution in [0.25, 0.3) is 0 Å². The Bertz CT molecular complexity index is 573. The number of hydrogen-bond donors (Lipinski definition) is 1. The van der Waals surface area contributed by atoms with Crippen LogP contribution in [0.2, 0.25) is 0 Å². The first-order valence-electron chi connectivity index (χ1n) is 7.61. The highest BCUT2D eigenvalue weighted by molar-refractivity contribution is 8.00. The Morgan fingerprint density at radius 2 is 2.05 bits per heavy atom. The number of carboxylic acids is 1. The lowest BCUT2D eigenvalue weighted by Gasteiger charge is -2.36. The Balaban J connectivity index is 1.97. The smallest absolute Gasteiger partial charge is 0.308 e. The number of aryl methyl sites for hydroxylation is 2. The molecular formula is C17H23NO3S. The number of piperidine rings is 1. The Morgan fingerprint density at radius 1 is 1.32 bits per heavy atom. The Labute approximate surface area is 135 Å². The highest BCUT2D eigenvalue weighted by atomic mass is 32.2. The first-order valence-corrected chi connectivity index (χ1v) is 8.59. The van der Waals surface area contributed by atoms with Crippen LogP contribution in [-0.2, 0) is 9.59 Å². The topological polar surface area (TPSA) is 57.6 Å². The SMILES string of the molecule is Cc1ccc(SCC(=O)N2CC(C(=O)O)CCC2C)c(C)c1.